The molecule has 0 heterocycles. The number of carbonyl (C=O) groups is 2. The van der Waals surface area contributed by atoms with Gasteiger partial charge in [-0.1, -0.05) is 24.3 Å². The molecule has 20 heavy (non-hydrogen) atoms. The van der Waals surface area contributed by atoms with Crippen LogP contribution in [-0.2, 0) is 4.79 Å². The number of ketones is 2. The first-order valence-electron chi connectivity index (χ1n) is 5.98. The first-order valence-corrected chi connectivity index (χ1v) is 5.98. The summed E-state index contributed by atoms with van der Waals surface area (Å²) in [5, 5.41) is 0. The fourth-order valence-electron chi connectivity index (χ4n) is 2.01. The molecule has 3 nitrogen and oxygen atoms in total. The summed E-state index contributed by atoms with van der Waals surface area (Å²) in [6, 6.07) is 12.2. The average Bonchev–Trinajstić information content (AvgIpc) is 2.47. The lowest BCUT2D eigenvalue weighted by molar-refractivity contribution is -0.111. The van der Waals surface area contributed by atoms with Crippen LogP contribution in [0.3, 0.4) is 0 Å². The zero-order valence-electron chi connectivity index (χ0n) is 10.3. The highest BCUT2D eigenvalue weighted by Gasteiger charge is 2.26. The zero-order valence-corrected chi connectivity index (χ0v) is 10.3. The summed E-state index contributed by atoms with van der Waals surface area (Å²) in [4.78, 5) is 23.4. The number of ether oxygens (including phenoxy) is 1. The van der Waals surface area contributed by atoms with Gasteiger partial charge in [-0.25, -0.2) is 4.39 Å². The second-order valence-corrected chi connectivity index (χ2v) is 4.30. The molecule has 0 amide bonds. The van der Waals surface area contributed by atoms with Crippen molar-refractivity contribution in [1.29, 1.82) is 0 Å². The van der Waals surface area contributed by atoms with E-state index in [0.29, 0.717) is 16.9 Å². The van der Waals surface area contributed by atoms with Crippen molar-refractivity contribution in [2.75, 3.05) is 0 Å². The van der Waals surface area contributed by atoms with Crippen LogP contribution in [0.2, 0.25) is 0 Å². The molecule has 0 spiro atoms. The molecule has 0 aromatic heterocycles. The number of Topliss-reactive ketones (excluding diaryl/α,β-unsaturated/α-hetero) is 1. The van der Waals surface area contributed by atoms with E-state index in [-0.39, 0.29) is 11.6 Å². The minimum absolute atomic E-state index is 0.289. The van der Waals surface area contributed by atoms with E-state index in [1.165, 1.54) is 24.3 Å². The van der Waals surface area contributed by atoms with Crippen LogP contribution < -0.4 is 4.74 Å². The smallest absolute Gasteiger partial charge is 0.233 e. The minimum atomic E-state index is -0.624. The van der Waals surface area contributed by atoms with E-state index in [1.54, 1.807) is 24.3 Å². The van der Waals surface area contributed by atoms with Crippen LogP contribution in [0, 0.1) is 5.82 Å². The van der Waals surface area contributed by atoms with E-state index in [1.807, 2.05) is 0 Å². The van der Waals surface area contributed by atoms with Crippen molar-refractivity contribution in [1.82, 2.24) is 0 Å². The lowest BCUT2D eigenvalue weighted by atomic mass is 9.94. The molecular formula is C16H9FO3. The molecule has 1 aliphatic rings. The molecule has 3 rings (SSSR count). The van der Waals surface area contributed by atoms with Crippen molar-refractivity contribution in [3.63, 3.8) is 0 Å². The summed E-state index contributed by atoms with van der Waals surface area (Å²) >= 11 is 0. The van der Waals surface area contributed by atoms with E-state index >= 15 is 0 Å². The predicted molar refractivity (Wildman–Crippen MR) is 70.8 cm³/mol. The van der Waals surface area contributed by atoms with E-state index in [0.717, 1.165) is 6.08 Å². The number of hydrogen-bond acceptors (Lipinski definition) is 3. The third-order valence-electron chi connectivity index (χ3n) is 2.96. The lowest BCUT2D eigenvalue weighted by Crippen LogP contribution is -2.20. The molecule has 98 valence electrons. The SMILES string of the molecule is O=C1C=C(Oc2ccc(F)cc2)c2ccccc2C1=O. The molecule has 2 aromatic rings. The van der Waals surface area contributed by atoms with E-state index in [9.17, 15) is 14.0 Å². The Morgan fingerprint density at radius 1 is 0.850 bits per heavy atom. The summed E-state index contributed by atoms with van der Waals surface area (Å²) in [5.74, 6) is -0.860. The van der Waals surface area contributed by atoms with Crippen molar-refractivity contribution in [2.24, 2.45) is 0 Å². The summed E-state index contributed by atoms with van der Waals surface area (Å²) in [6.07, 6.45) is 1.16. The maximum atomic E-state index is 12.8. The van der Waals surface area contributed by atoms with Gasteiger partial charge in [-0.3, -0.25) is 9.59 Å². The molecular weight excluding hydrogens is 259 g/mol. The maximum Gasteiger partial charge on any atom is 0.233 e. The van der Waals surface area contributed by atoms with Gasteiger partial charge in [0, 0.05) is 17.2 Å². The van der Waals surface area contributed by atoms with Gasteiger partial charge in [0.05, 0.1) is 0 Å². The van der Waals surface area contributed by atoms with E-state index in [2.05, 4.69) is 0 Å². The molecule has 4 heteroatoms. The molecule has 0 radical (unpaired) electrons. The number of fused-ring (bicyclic) bond motifs is 1. The molecule has 0 fully saturated rings. The normalized spacial score (nSPS) is 13.8. The van der Waals surface area contributed by atoms with Crippen LogP contribution in [0.5, 0.6) is 5.75 Å². The van der Waals surface area contributed by atoms with E-state index in [4.69, 9.17) is 4.74 Å². The van der Waals surface area contributed by atoms with Crippen LogP contribution in [0.1, 0.15) is 15.9 Å². The van der Waals surface area contributed by atoms with Gasteiger partial charge >= 0.3 is 0 Å². The lowest BCUT2D eigenvalue weighted by Gasteiger charge is -2.16. The van der Waals surface area contributed by atoms with Crippen LogP contribution in [0.4, 0.5) is 4.39 Å². The predicted octanol–water partition coefficient (Wildman–Crippen LogP) is 3.01. The largest absolute Gasteiger partial charge is 0.457 e. The first-order chi connectivity index (χ1) is 9.65. The quantitative estimate of drug-likeness (QED) is 0.786. The second-order valence-electron chi connectivity index (χ2n) is 4.30. The monoisotopic (exact) mass is 268 g/mol. The summed E-state index contributed by atoms with van der Waals surface area (Å²) in [6.45, 7) is 0. The Morgan fingerprint density at radius 3 is 2.20 bits per heavy atom. The van der Waals surface area contributed by atoms with Gasteiger partial charge in [0.15, 0.2) is 0 Å². The van der Waals surface area contributed by atoms with Crippen LogP contribution >= 0.6 is 0 Å². The van der Waals surface area contributed by atoms with Crippen molar-refractivity contribution >= 4 is 17.3 Å². The highest BCUT2D eigenvalue weighted by atomic mass is 19.1. The number of carbonyl (C=O) groups excluding carboxylic acids is 2. The number of benzene rings is 2. The standard InChI is InChI=1S/C16H9FO3/c17-10-5-7-11(8-6-10)20-15-9-14(18)16(19)13-4-2-1-3-12(13)15/h1-9H. The second kappa shape index (κ2) is 4.74. The van der Waals surface area contributed by atoms with Gasteiger partial charge in [0.2, 0.25) is 11.6 Å². The highest BCUT2D eigenvalue weighted by Crippen LogP contribution is 2.27. The first kappa shape index (κ1) is 12.3. The minimum Gasteiger partial charge on any atom is -0.457 e. The third-order valence-corrected chi connectivity index (χ3v) is 2.96. The third kappa shape index (κ3) is 2.12. The number of allylic oxidation sites excluding steroid dienone is 1. The summed E-state index contributed by atoms with van der Waals surface area (Å²) < 4.78 is 18.4. The fourth-order valence-corrected chi connectivity index (χ4v) is 2.01. The van der Waals surface area contributed by atoms with E-state index < -0.39 is 11.6 Å². The van der Waals surface area contributed by atoms with Crippen molar-refractivity contribution < 1.29 is 18.7 Å². The Kier molecular flexibility index (Phi) is 2.91. The molecule has 0 saturated heterocycles. The molecule has 0 N–H and O–H groups in total. The summed E-state index contributed by atoms with van der Waals surface area (Å²) in [7, 11) is 0. The Bertz CT molecular complexity index is 730. The Morgan fingerprint density at radius 2 is 1.50 bits per heavy atom. The number of rotatable bonds is 2. The molecule has 1 aliphatic carbocycles. The van der Waals surface area contributed by atoms with Gasteiger partial charge in [-0.2, -0.15) is 0 Å². The highest BCUT2D eigenvalue weighted by molar-refractivity contribution is 6.50. The maximum absolute atomic E-state index is 12.8. The molecule has 0 atom stereocenters. The zero-order chi connectivity index (χ0) is 14.1. The molecule has 0 bridgehead atoms. The van der Waals surface area contributed by atoms with Crippen LogP contribution in [0.15, 0.2) is 54.6 Å². The van der Waals surface area contributed by atoms with Gasteiger partial charge in [0.25, 0.3) is 0 Å². The Balaban J connectivity index is 2.01. The van der Waals surface area contributed by atoms with Gasteiger partial charge < -0.3 is 4.74 Å². The molecule has 0 saturated carbocycles. The van der Waals surface area contributed by atoms with Crippen molar-refractivity contribution in [3.8, 4) is 5.75 Å². The summed E-state index contributed by atoms with van der Waals surface area (Å²) in [5.41, 5.74) is 0.874. The average molecular weight is 268 g/mol. The van der Waals surface area contributed by atoms with Crippen molar-refractivity contribution in [3.05, 3.63) is 71.6 Å². The Hall–Kier alpha value is -2.75. The van der Waals surface area contributed by atoms with Crippen LogP contribution in [-0.4, -0.2) is 11.6 Å². The topological polar surface area (TPSA) is 43.4 Å². The van der Waals surface area contributed by atoms with Crippen molar-refractivity contribution in [2.45, 2.75) is 0 Å². The molecule has 2 aromatic carbocycles. The van der Waals surface area contributed by atoms with Gasteiger partial charge in [-0.05, 0) is 24.3 Å². The molecule has 0 unspecified atom stereocenters. The van der Waals surface area contributed by atoms with Gasteiger partial charge in [0.1, 0.15) is 17.3 Å². The van der Waals surface area contributed by atoms with Gasteiger partial charge in [-0.15, -0.1) is 0 Å². The Labute approximate surface area is 114 Å². The number of halogens is 1. The fraction of sp³-hybridized carbons (Fsp3) is 0. The number of hydrogen-bond donors (Lipinski definition) is 0. The molecule has 0 aliphatic heterocycles. The van der Waals surface area contributed by atoms with Crippen LogP contribution in [0.25, 0.3) is 5.76 Å².